The van der Waals surface area contributed by atoms with Gasteiger partial charge in [-0.1, -0.05) is 13.0 Å². The molecule has 1 N–H and O–H groups in total. The molecule has 3 aromatic rings. The van der Waals surface area contributed by atoms with Crippen LogP contribution in [0.15, 0.2) is 35.4 Å². The summed E-state index contributed by atoms with van der Waals surface area (Å²) in [5, 5.41) is 2.64. The minimum Gasteiger partial charge on any atom is -0.459 e. The van der Waals surface area contributed by atoms with E-state index in [0.29, 0.717) is 10.4 Å². The Hall–Kier alpha value is -3.21. The van der Waals surface area contributed by atoms with E-state index in [2.05, 4.69) is 10.3 Å². The summed E-state index contributed by atoms with van der Waals surface area (Å²) < 4.78 is 45.2. The quantitative estimate of drug-likeness (QED) is 0.504. The second-order valence-corrected chi connectivity index (χ2v) is 8.64. The van der Waals surface area contributed by atoms with Crippen molar-refractivity contribution >= 4 is 39.1 Å². The van der Waals surface area contributed by atoms with E-state index in [9.17, 15) is 27.6 Å². The molecule has 3 rings (SSSR count). The number of thiophene rings is 1. The van der Waals surface area contributed by atoms with Gasteiger partial charge in [0.2, 0.25) is 5.91 Å². The number of aryl methyl sites for hydroxylation is 1. The molecule has 0 saturated carbocycles. The monoisotopic (exact) mass is 481 g/mol. The zero-order valence-corrected chi connectivity index (χ0v) is 19.1. The number of halogens is 3. The van der Waals surface area contributed by atoms with Crippen molar-refractivity contribution in [2.45, 2.75) is 52.4 Å². The molecule has 0 bridgehead atoms. The van der Waals surface area contributed by atoms with Gasteiger partial charge in [-0.25, -0.2) is 9.78 Å². The number of carbonyl (C=O) groups excluding carboxylic acids is 2. The van der Waals surface area contributed by atoms with E-state index in [4.69, 9.17) is 4.74 Å². The number of benzene rings is 1. The fourth-order valence-electron chi connectivity index (χ4n) is 3.33. The highest BCUT2D eigenvalue weighted by molar-refractivity contribution is 7.20. The van der Waals surface area contributed by atoms with E-state index < -0.39 is 35.2 Å². The van der Waals surface area contributed by atoms with Gasteiger partial charge in [0.1, 0.15) is 15.7 Å². The lowest BCUT2D eigenvalue weighted by Crippen LogP contribution is -2.33. The van der Waals surface area contributed by atoms with Crippen molar-refractivity contribution in [2.75, 3.05) is 5.32 Å². The van der Waals surface area contributed by atoms with Gasteiger partial charge in [0, 0.05) is 5.69 Å². The Bertz CT molecular complexity index is 1260. The third-order valence-electron chi connectivity index (χ3n) is 4.89. The number of nitrogens with zero attached hydrogens (tertiary/aromatic N) is 2. The maximum absolute atomic E-state index is 13.2. The van der Waals surface area contributed by atoms with Gasteiger partial charge in [0.25, 0.3) is 5.56 Å². The average molecular weight is 481 g/mol. The summed E-state index contributed by atoms with van der Waals surface area (Å²) in [6.07, 6.45) is -3.50. The van der Waals surface area contributed by atoms with Gasteiger partial charge < -0.3 is 10.1 Å². The Morgan fingerprint density at radius 3 is 2.58 bits per heavy atom. The summed E-state index contributed by atoms with van der Waals surface area (Å²) in [6, 6.07) is 3.22. The van der Waals surface area contributed by atoms with Crippen LogP contribution in [0, 0.1) is 6.92 Å². The second-order valence-electron chi connectivity index (χ2n) is 7.64. The number of aromatic nitrogens is 2. The molecule has 0 aliphatic heterocycles. The third kappa shape index (κ3) is 5.08. The molecule has 0 spiro atoms. The lowest BCUT2D eigenvalue weighted by atomic mass is 10.1. The zero-order valence-electron chi connectivity index (χ0n) is 18.3. The van der Waals surface area contributed by atoms with Crippen LogP contribution in [-0.2, 0) is 15.7 Å². The maximum atomic E-state index is 13.2. The molecule has 2 aromatic heterocycles. The molecule has 1 atom stereocenters. The van der Waals surface area contributed by atoms with Crippen molar-refractivity contribution in [3.63, 3.8) is 0 Å². The van der Waals surface area contributed by atoms with Gasteiger partial charge in [-0.3, -0.25) is 14.2 Å². The molecule has 11 heteroatoms. The number of nitrogens with one attached hydrogen (secondary N) is 1. The van der Waals surface area contributed by atoms with E-state index in [0.717, 1.165) is 28.0 Å². The minimum atomic E-state index is -4.55. The second kappa shape index (κ2) is 9.34. The van der Waals surface area contributed by atoms with Crippen LogP contribution >= 0.6 is 11.3 Å². The zero-order chi connectivity index (χ0) is 24.5. The van der Waals surface area contributed by atoms with Crippen molar-refractivity contribution in [2.24, 2.45) is 0 Å². The summed E-state index contributed by atoms with van der Waals surface area (Å²) in [7, 11) is 0. The van der Waals surface area contributed by atoms with E-state index in [1.165, 1.54) is 18.5 Å². The fraction of sp³-hybridized carbons (Fsp3) is 0.364. The van der Waals surface area contributed by atoms with Gasteiger partial charge in [-0.15, -0.1) is 11.3 Å². The van der Waals surface area contributed by atoms with E-state index in [-0.39, 0.29) is 28.5 Å². The summed E-state index contributed by atoms with van der Waals surface area (Å²) in [5.74, 6) is -1.22. The highest BCUT2D eigenvalue weighted by Crippen LogP contribution is 2.31. The van der Waals surface area contributed by atoms with Gasteiger partial charge in [0.15, 0.2) is 0 Å². The molecule has 1 unspecified atom stereocenters. The molecule has 0 fully saturated rings. The minimum absolute atomic E-state index is 0.0409. The lowest BCUT2D eigenvalue weighted by molar-refractivity contribution is -0.137. The largest absolute Gasteiger partial charge is 0.459 e. The number of ether oxygens (including phenoxy) is 1. The highest BCUT2D eigenvalue weighted by Gasteiger charge is 2.31. The first kappa shape index (κ1) is 24.4. The highest BCUT2D eigenvalue weighted by atomic mass is 32.1. The lowest BCUT2D eigenvalue weighted by Gasteiger charge is -2.18. The summed E-state index contributed by atoms with van der Waals surface area (Å²) >= 11 is 1.02. The van der Waals surface area contributed by atoms with Gasteiger partial charge in [-0.05, 0) is 51.0 Å². The molecule has 1 amide bonds. The summed E-state index contributed by atoms with van der Waals surface area (Å²) in [5.41, 5.74) is -1.06. The molecule has 0 aliphatic rings. The molecule has 7 nitrogen and oxygen atoms in total. The van der Waals surface area contributed by atoms with E-state index >= 15 is 0 Å². The van der Waals surface area contributed by atoms with Crippen molar-refractivity contribution < 1.29 is 27.5 Å². The van der Waals surface area contributed by atoms with Crippen molar-refractivity contribution in [3.05, 3.63) is 57.0 Å². The van der Waals surface area contributed by atoms with Crippen LogP contribution in [0.3, 0.4) is 0 Å². The standard InChI is InChI=1S/C22H22F3N3O4S/c1-5-15(18(29)27-14-8-6-7-13(9-14)22(23,24)25)28-10-26-19-16(20(28)30)12(4)17(33-19)21(31)32-11(2)3/h6-11,15H,5H2,1-4H3,(H,27,29). The van der Waals surface area contributed by atoms with Crippen LogP contribution < -0.4 is 10.9 Å². The number of esters is 1. The molecular formula is C22H22F3N3O4S. The van der Waals surface area contributed by atoms with Crippen LogP contribution in [0.5, 0.6) is 0 Å². The van der Waals surface area contributed by atoms with E-state index in [1.807, 2.05) is 0 Å². The Balaban J connectivity index is 1.96. The number of hydrogen-bond donors (Lipinski definition) is 1. The van der Waals surface area contributed by atoms with Crippen LogP contribution in [0.4, 0.5) is 18.9 Å². The molecule has 176 valence electrons. The number of rotatable bonds is 6. The van der Waals surface area contributed by atoms with E-state index in [1.54, 1.807) is 27.7 Å². The molecule has 2 heterocycles. The van der Waals surface area contributed by atoms with Gasteiger partial charge in [-0.2, -0.15) is 13.2 Å². The Kier molecular flexibility index (Phi) is 6.92. The number of hydrogen-bond acceptors (Lipinski definition) is 6. The van der Waals surface area contributed by atoms with Crippen molar-refractivity contribution in [1.82, 2.24) is 9.55 Å². The number of carbonyl (C=O) groups is 2. The number of fused-ring (bicyclic) bond motifs is 1. The van der Waals surface area contributed by atoms with Crippen molar-refractivity contribution in [1.29, 1.82) is 0 Å². The molecule has 0 aliphatic carbocycles. The molecule has 0 radical (unpaired) electrons. The number of amides is 1. The summed E-state index contributed by atoms with van der Waals surface area (Å²) in [4.78, 5) is 43.2. The first-order chi connectivity index (χ1) is 15.4. The average Bonchev–Trinajstić information content (AvgIpc) is 3.06. The SMILES string of the molecule is CCC(C(=O)Nc1cccc(C(F)(F)F)c1)n1cnc2sc(C(=O)OC(C)C)c(C)c2c1=O. The van der Waals surface area contributed by atoms with Crippen LogP contribution in [0.1, 0.15) is 54.0 Å². The van der Waals surface area contributed by atoms with Crippen LogP contribution in [0.25, 0.3) is 10.2 Å². The third-order valence-corrected chi connectivity index (χ3v) is 6.07. The maximum Gasteiger partial charge on any atom is 0.416 e. The predicted octanol–water partition coefficient (Wildman–Crippen LogP) is 4.94. The summed E-state index contributed by atoms with van der Waals surface area (Å²) in [6.45, 7) is 6.69. The number of anilines is 1. The molecule has 1 aromatic carbocycles. The Morgan fingerprint density at radius 1 is 1.27 bits per heavy atom. The topological polar surface area (TPSA) is 90.3 Å². The first-order valence-electron chi connectivity index (χ1n) is 10.1. The predicted molar refractivity (Wildman–Crippen MR) is 119 cm³/mol. The van der Waals surface area contributed by atoms with Crippen LogP contribution in [0.2, 0.25) is 0 Å². The van der Waals surface area contributed by atoms with Crippen LogP contribution in [-0.4, -0.2) is 27.5 Å². The molecule has 0 saturated heterocycles. The van der Waals surface area contributed by atoms with Gasteiger partial charge >= 0.3 is 12.1 Å². The number of alkyl halides is 3. The molecule has 33 heavy (non-hydrogen) atoms. The normalized spacial score (nSPS) is 12.7. The van der Waals surface area contributed by atoms with Gasteiger partial charge in [0.05, 0.1) is 23.4 Å². The Labute approximate surface area is 191 Å². The fourth-order valence-corrected chi connectivity index (χ4v) is 4.35. The molecular weight excluding hydrogens is 459 g/mol. The van der Waals surface area contributed by atoms with Crippen molar-refractivity contribution in [3.8, 4) is 0 Å². The Morgan fingerprint density at radius 2 is 1.97 bits per heavy atom. The first-order valence-corrected chi connectivity index (χ1v) is 10.9. The smallest absolute Gasteiger partial charge is 0.416 e.